The van der Waals surface area contributed by atoms with Crippen molar-refractivity contribution in [3.8, 4) is 0 Å². The topological polar surface area (TPSA) is 26.3 Å². The number of benzene rings is 1. The summed E-state index contributed by atoms with van der Waals surface area (Å²) in [6.45, 7) is 0. The molecule has 0 amide bonds. The zero-order chi connectivity index (χ0) is 11.0. The van der Waals surface area contributed by atoms with Gasteiger partial charge in [-0.3, -0.25) is 4.79 Å². The highest BCUT2D eigenvalue weighted by Crippen LogP contribution is 2.48. The number of rotatable bonds is 2. The second-order valence-corrected chi connectivity index (χ2v) is 3.65. The van der Waals surface area contributed by atoms with E-state index >= 15 is 0 Å². The van der Waals surface area contributed by atoms with Gasteiger partial charge < -0.3 is 4.74 Å². The number of hydrogen-bond acceptors (Lipinski definition) is 2. The van der Waals surface area contributed by atoms with Crippen LogP contribution in [0.25, 0.3) is 0 Å². The summed E-state index contributed by atoms with van der Waals surface area (Å²) in [5.74, 6) is -2.24. The fraction of sp³-hybridized carbons (Fsp3) is 0.364. The number of carbonyl (C=O) groups is 1. The maximum atomic E-state index is 12.9. The van der Waals surface area contributed by atoms with E-state index in [9.17, 15) is 13.6 Å². The maximum absolute atomic E-state index is 12.9. The van der Waals surface area contributed by atoms with E-state index in [-0.39, 0.29) is 17.8 Å². The van der Waals surface area contributed by atoms with Gasteiger partial charge in [-0.2, -0.15) is 0 Å². The van der Waals surface area contributed by atoms with Crippen LogP contribution >= 0.6 is 0 Å². The molecule has 2 nitrogen and oxygen atoms in total. The molecule has 0 N–H and O–H groups in total. The number of ether oxygens (including phenoxy) is 1. The van der Waals surface area contributed by atoms with E-state index in [1.807, 2.05) is 0 Å². The molecule has 0 bridgehead atoms. The van der Waals surface area contributed by atoms with Crippen LogP contribution < -0.4 is 0 Å². The summed E-state index contributed by atoms with van der Waals surface area (Å²) in [6.07, 6.45) is 0.651. The molecule has 0 aromatic heterocycles. The molecule has 1 saturated carbocycles. The minimum absolute atomic E-state index is 0.0208. The second kappa shape index (κ2) is 3.61. The lowest BCUT2D eigenvalue weighted by Gasteiger charge is -2.00. The van der Waals surface area contributed by atoms with E-state index in [0.717, 1.165) is 12.1 Å². The van der Waals surface area contributed by atoms with Crippen molar-refractivity contribution in [2.75, 3.05) is 7.11 Å². The highest BCUT2D eigenvalue weighted by atomic mass is 19.2. The van der Waals surface area contributed by atoms with E-state index < -0.39 is 11.6 Å². The van der Waals surface area contributed by atoms with Crippen LogP contribution in [0, 0.1) is 17.6 Å². The first-order valence-electron chi connectivity index (χ1n) is 4.66. The molecule has 1 aromatic carbocycles. The summed E-state index contributed by atoms with van der Waals surface area (Å²) in [6, 6.07) is 3.73. The SMILES string of the molecule is COC(=O)C1CC1c1ccc(F)c(F)c1. The van der Waals surface area contributed by atoms with Gasteiger partial charge in [0.05, 0.1) is 13.0 Å². The normalized spacial score (nSPS) is 23.7. The third-order valence-electron chi connectivity index (χ3n) is 2.67. The van der Waals surface area contributed by atoms with Crippen molar-refractivity contribution >= 4 is 5.97 Å². The molecule has 2 unspecified atom stereocenters. The number of halogens is 2. The number of esters is 1. The Bertz CT molecular complexity index is 404. The molecule has 1 aromatic rings. The predicted octanol–water partition coefficient (Wildman–Crippen LogP) is 2.24. The van der Waals surface area contributed by atoms with Gasteiger partial charge in [0.2, 0.25) is 0 Å². The average molecular weight is 212 g/mol. The van der Waals surface area contributed by atoms with E-state index in [4.69, 9.17) is 0 Å². The second-order valence-electron chi connectivity index (χ2n) is 3.65. The standard InChI is InChI=1S/C11H10F2O2/c1-15-11(14)8-5-7(8)6-2-3-9(12)10(13)4-6/h2-4,7-8H,5H2,1H3. The molecular formula is C11H10F2O2. The molecule has 0 spiro atoms. The van der Waals surface area contributed by atoms with Crippen LogP contribution in [0.3, 0.4) is 0 Å². The highest BCUT2D eigenvalue weighted by Gasteiger charge is 2.45. The Morgan fingerprint density at radius 2 is 2.13 bits per heavy atom. The number of hydrogen-bond donors (Lipinski definition) is 0. The number of methoxy groups -OCH3 is 1. The van der Waals surface area contributed by atoms with Gasteiger partial charge in [-0.05, 0) is 30.0 Å². The first-order valence-corrected chi connectivity index (χ1v) is 4.66. The monoisotopic (exact) mass is 212 g/mol. The van der Waals surface area contributed by atoms with Crippen LogP contribution in [0.5, 0.6) is 0 Å². The van der Waals surface area contributed by atoms with Crippen molar-refractivity contribution < 1.29 is 18.3 Å². The highest BCUT2D eigenvalue weighted by molar-refractivity contribution is 5.77. The molecule has 0 heterocycles. The van der Waals surface area contributed by atoms with Crippen molar-refractivity contribution in [2.24, 2.45) is 5.92 Å². The molecular weight excluding hydrogens is 202 g/mol. The summed E-state index contributed by atoms with van der Waals surface area (Å²) in [5, 5.41) is 0. The molecule has 2 atom stereocenters. The lowest BCUT2D eigenvalue weighted by Crippen LogP contribution is -2.04. The van der Waals surface area contributed by atoms with Gasteiger partial charge in [0.15, 0.2) is 11.6 Å². The average Bonchev–Trinajstić information content (AvgIpc) is 3.01. The fourth-order valence-corrected chi connectivity index (χ4v) is 1.72. The molecule has 1 aliphatic rings. The summed E-state index contributed by atoms with van der Waals surface area (Å²) in [7, 11) is 1.32. The van der Waals surface area contributed by atoms with Gasteiger partial charge in [-0.25, -0.2) is 8.78 Å². The van der Waals surface area contributed by atoms with Crippen molar-refractivity contribution in [2.45, 2.75) is 12.3 Å². The van der Waals surface area contributed by atoms with Crippen LogP contribution in [-0.4, -0.2) is 13.1 Å². The van der Waals surface area contributed by atoms with Gasteiger partial charge >= 0.3 is 5.97 Å². The summed E-state index contributed by atoms with van der Waals surface area (Å²) in [5.41, 5.74) is 0.657. The molecule has 1 aliphatic carbocycles. The Balaban J connectivity index is 2.13. The molecule has 1 fully saturated rings. The van der Waals surface area contributed by atoms with Gasteiger partial charge in [-0.1, -0.05) is 6.07 Å². The van der Waals surface area contributed by atoms with Crippen molar-refractivity contribution in [1.82, 2.24) is 0 Å². The van der Waals surface area contributed by atoms with Gasteiger partial charge in [0.25, 0.3) is 0 Å². The smallest absolute Gasteiger partial charge is 0.309 e. The zero-order valence-electron chi connectivity index (χ0n) is 8.17. The third kappa shape index (κ3) is 1.84. The molecule has 0 aliphatic heterocycles. The van der Waals surface area contributed by atoms with E-state index in [1.165, 1.54) is 13.2 Å². The molecule has 4 heteroatoms. The van der Waals surface area contributed by atoms with Gasteiger partial charge in [0.1, 0.15) is 0 Å². The first kappa shape index (κ1) is 10.1. The Morgan fingerprint density at radius 1 is 1.40 bits per heavy atom. The largest absolute Gasteiger partial charge is 0.469 e. The van der Waals surface area contributed by atoms with Crippen molar-refractivity contribution in [3.63, 3.8) is 0 Å². The minimum atomic E-state index is -0.872. The van der Waals surface area contributed by atoms with E-state index in [0.29, 0.717) is 12.0 Å². The Hall–Kier alpha value is -1.45. The molecule has 15 heavy (non-hydrogen) atoms. The van der Waals surface area contributed by atoms with Crippen LogP contribution in [0.1, 0.15) is 17.9 Å². The van der Waals surface area contributed by atoms with Crippen LogP contribution in [-0.2, 0) is 9.53 Å². The van der Waals surface area contributed by atoms with Crippen molar-refractivity contribution in [3.05, 3.63) is 35.4 Å². The first-order chi connectivity index (χ1) is 7.13. The molecule has 80 valence electrons. The Labute approximate surface area is 85.9 Å². The Kier molecular flexibility index (Phi) is 2.42. The third-order valence-corrected chi connectivity index (χ3v) is 2.67. The Morgan fingerprint density at radius 3 is 2.73 bits per heavy atom. The zero-order valence-corrected chi connectivity index (χ0v) is 8.17. The molecule has 0 saturated heterocycles. The summed E-state index contributed by atoms with van der Waals surface area (Å²) < 4.78 is 30.1. The summed E-state index contributed by atoms with van der Waals surface area (Å²) in [4.78, 5) is 11.1. The quantitative estimate of drug-likeness (QED) is 0.703. The van der Waals surface area contributed by atoms with E-state index in [1.54, 1.807) is 0 Å². The van der Waals surface area contributed by atoms with E-state index in [2.05, 4.69) is 4.74 Å². The van der Waals surface area contributed by atoms with Crippen LogP contribution in [0.15, 0.2) is 18.2 Å². The van der Waals surface area contributed by atoms with Gasteiger partial charge in [-0.15, -0.1) is 0 Å². The predicted molar refractivity (Wildman–Crippen MR) is 49.2 cm³/mol. The van der Waals surface area contributed by atoms with Crippen LogP contribution in [0.4, 0.5) is 8.78 Å². The summed E-state index contributed by atoms with van der Waals surface area (Å²) >= 11 is 0. The van der Waals surface area contributed by atoms with Crippen molar-refractivity contribution in [1.29, 1.82) is 0 Å². The number of carbonyl (C=O) groups excluding carboxylic acids is 1. The maximum Gasteiger partial charge on any atom is 0.309 e. The lowest BCUT2D eigenvalue weighted by molar-refractivity contribution is -0.142. The molecule has 0 radical (unpaired) electrons. The van der Waals surface area contributed by atoms with Gasteiger partial charge in [0, 0.05) is 0 Å². The minimum Gasteiger partial charge on any atom is -0.469 e. The lowest BCUT2D eigenvalue weighted by atomic mass is 10.1. The fourth-order valence-electron chi connectivity index (χ4n) is 1.72. The van der Waals surface area contributed by atoms with Crippen LogP contribution in [0.2, 0.25) is 0 Å². The molecule has 2 rings (SSSR count).